The maximum absolute atomic E-state index is 13.5. The second-order valence-corrected chi connectivity index (χ2v) is 9.11. The van der Waals surface area contributed by atoms with Crippen molar-refractivity contribution >= 4 is 11.6 Å². The third-order valence-electron chi connectivity index (χ3n) is 6.59. The first-order chi connectivity index (χ1) is 16.6. The Balaban J connectivity index is 1.88. The van der Waals surface area contributed by atoms with Crippen molar-refractivity contribution in [3.63, 3.8) is 0 Å². The van der Waals surface area contributed by atoms with Crippen LogP contribution in [0.4, 0.5) is 0 Å². The van der Waals surface area contributed by atoms with E-state index in [0.29, 0.717) is 19.2 Å². The number of allylic oxidation sites excluding steroid dienone is 1. The number of hydroxylamine groups is 1. The quantitative estimate of drug-likeness (QED) is 0.233. The largest absolute Gasteiger partial charge is 0.385 e. The zero-order chi connectivity index (χ0) is 24.3. The Morgan fingerprint density at radius 1 is 1.29 bits per heavy atom. The van der Waals surface area contributed by atoms with E-state index >= 15 is 0 Å². The number of nitrogens with zero attached hydrogens (tertiary/aromatic N) is 1. The van der Waals surface area contributed by atoms with E-state index in [2.05, 4.69) is 72.1 Å². The Morgan fingerprint density at radius 2 is 2.06 bits per heavy atom. The summed E-state index contributed by atoms with van der Waals surface area (Å²) in [4.78, 5) is 20.6. The first-order valence-electron chi connectivity index (χ1n) is 12.7. The molecule has 0 bridgehead atoms. The second-order valence-electron chi connectivity index (χ2n) is 9.11. The number of nitrogens with one attached hydrogen (secondary N) is 3. The molecule has 2 fully saturated rings. The molecule has 3 N–H and O–H groups in total. The van der Waals surface area contributed by atoms with Crippen LogP contribution in [0.3, 0.4) is 0 Å². The van der Waals surface area contributed by atoms with Gasteiger partial charge in [0.25, 0.3) is 5.91 Å². The van der Waals surface area contributed by atoms with Crippen molar-refractivity contribution in [3.05, 3.63) is 53.1 Å². The van der Waals surface area contributed by atoms with E-state index in [1.165, 1.54) is 11.1 Å². The fourth-order valence-corrected chi connectivity index (χ4v) is 4.38. The molecule has 1 aromatic carbocycles. The number of carbonyl (C=O) groups is 1. The van der Waals surface area contributed by atoms with Gasteiger partial charge in [0, 0.05) is 37.9 Å². The van der Waals surface area contributed by atoms with Crippen molar-refractivity contribution in [2.45, 2.75) is 64.6 Å². The molecule has 7 nitrogen and oxygen atoms in total. The first kappa shape index (κ1) is 26.4. The maximum Gasteiger partial charge on any atom is 0.253 e. The summed E-state index contributed by atoms with van der Waals surface area (Å²) in [7, 11) is 1.63. The molecule has 1 saturated heterocycles. The average Bonchev–Trinajstić information content (AvgIpc) is 3.71. The summed E-state index contributed by atoms with van der Waals surface area (Å²) in [6.07, 6.45) is 5.85. The molecule has 1 heterocycles. The number of carbonyl (C=O) groups excluding carboxylic acids is 1. The number of ether oxygens (including phenoxy) is 1. The molecule has 1 aromatic rings. The molecule has 1 saturated carbocycles. The van der Waals surface area contributed by atoms with Crippen LogP contribution in [0.2, 0.25) is 0 Å². The van der Waals surface area contributed by atoms with E-state index < -0.39 is 6.10 Å². The third kappa shape index (κ3) is 7.40. The number of benzene rings is 1. The molecule has 0 spiro atoms. The van der Waals surface area contributed by atoms with Crippen LogP contribution in [-0.4, -0.2) is 68.9 Å². The Kier molecular flexibility index (Phi) is 10.6. The van der Waals surface area contributed by atoms with Crippen molar-refractivity contribution in [1.29, 1.82) is 0 Å². The van der Waals surface area contributed by atoms with Crippen LogP contribution in [0.25, 0.3) is 5.70 Å². The summed E-state index contributed by atoms with van der Waals surface area (Å²) in [5.74, 6) is 0.108. The Morgan fingerprint density at radius 3 is 2.68 bits per heavy atom. The lowest BCUT2D eigenvalue weighted by molar-refractivity contribution is -0.147. The predicted octanol–water partition coefficient (Wildman–Crippen LogP) is 3.25. The molecule has 1 aliphatic heterocycles. The van der Waals surface area contributed by atoms with Gasteiger partial charge < -0.3 is 25.1 Å². The third-order valence-corrected chi connectivity index (χ3v) is 6.59. The number of amides is 1. The summed E-state index contributed by atoms with van der Waals surface area (Å²) in [5.41, 5.74) is 7.61. The van der Waals surface area contributed by atoms with Crippen molar-refractivity contribution in [3.8, 4) is 0 Å². The zero-order valence-electron chi connectivity index (χ0n) is 21.2. The van der Waals surface area contributed by atoms with Gasteiger partial charge in [0.1, 0.15) is 6.10 Å². The molecule has 7 heteroatoms. The molecule has 188 valence electrons. The van der Waals surface area contributed by atoms with Gasteiger partial charge in [0.2, 0.25) is 0 Å². The molecule has 0 radical (unpaired) electrons. The minimum Gasteiger partial charge on any atom is -0.385 e. The number of hydrogen-bond acceptors (Lipinski definition) is 6. The van der Waals surface area contributed by atoms with Gasteiger partial charge in [-0.15, -0.1) is 0 Å². The molecule has 1 amide bonds. The highest BCUT2D eigenvalue weighted by Crippen LogP contribution is 2.33. The van der Waals surface area contributed by atoms with E-state index in [4.69, 9.17) is 9.57 Å². The van der Waals surface area contributed by atoms with Crippen LogP contribution < -0.4 is 16.1 Å². The molecule has 2 atom stereocenters. The Labute approximate surface area is 204 Å². The lowest BCUT2D eigenvalue weighted by atomic mass is 9.96. The number of hydrogen-bond donors (Lipinski definition) is 3. The van der Waals surface area contributed by atoms with Crippen molar-refractivity contribution in [2.75, 3.05) is 39.9 Å². The van der Waals surface area contributed by atoms with Gasteiger partial charge in [0.05, 0.1) is 19.8 Å². The number of morpholine rings is 1. The van der Waals surface area contributed by atoms with Crippen LogP contribution in [0, 0.1) is 0 Å². The molecule has 0 unspecified atom stereocenters. The Bertz CT molecular complexity index is 830. The molecule has 2 aliphatic rings. The van der Waals surface area contributed by atoms with Gasteiger partial charge in [-0.3, -0.25) is 4.79 Å². The minimum absolute atomic E-state index is 0.0267. The fourth-order valence-electron chi connectivity index (χ4n) is 4.38. The van der Waals surface area contributed by atoms with Crippen molar-refractivity contribution in [2.24, 2.45) is 0 Å². The molecule has 3 rings (SSSR count). The van der Waals surface area contributed by atoms with Gasteiger partial charge in [-0.2, -0.15) is 0 Å². The van der Waals surface area contributed by atoms with E-state index in [9.17, 15) is 4.79 Å². The maximum atomic E-state index is 13.5. The van der Waals surface area contributed by atoms with Gasteiger partial charge in [-0.05, 0) is 56.7 Å². The summed E-state index contributed by atoms with van der Waals surface area (Å²) < 4.78 is 5.84. The van der Waals surface area contributed by atoms with Crippen molar-refractivity contribution in [1.82, 2.24) is 21.0 Å². The van der Waals surface area contributed by atoms with Gasteiger partial charge in [-0.1, -0.05) is 42.8 Å². The lowest BCUT2D eigenvalue weighted by Gasteiger charge is -2.35. The van der Waals surface area contributed by atoms with Crippen LogP contribution >= 0.6 is 0 Å². The summed E-state index contributed by atoms with van der Waals surface area (Å²) in [5, 5.41) is 6.93. The normalized spacial score (nSPS) is 20.5. The highest BCUT2D eigenvalue weighted by atomic mass is 16.6. The van der Waals surface area contributed by atoms with E-state index in [-0.39, 0.29) is 11.9 Å². The molecule has 34 heavy (non-hydrogen) atoms. The van der Waals surface area contributed by atoms with Crippen LogP contribution in [0.5, 0.6) is 0 Å². The zero-order valence-corrected chi connectivity index (χ0v) is 21.2. The van der Waals surface area contributed by atoms with E-state index in [1.807, 2.05) is 6.07 Å². The second kappa shape index (κ2) is 13.6. The van der Waals surface area contributed by atoms with Crippen molar-refractivity contribution < 1.29 is 14.4 Å². The smallest absolute Gasteiger partial charge is 0.253 e. The highest BCUT2D eigenvalue weighted by molar-refractivity contribution is 5.83. The number of rotatable bonds is 13. The van der Waals surface area contributed by atoms with Crippen LogP contribution in [0.15, 0.2) is 47.6 Å². The van der Waals surface area contributed by atoms with Gasteiger partial charge >= 0.3 is 0 Å². The molecular weight excluding hydrogens is 428 g/mol. The first-order valence-corrected chi connectivity index (χ1v) is 12.7. The van der Waals surface area contributed by atoms with Crippen LogP contribution in [0.1, 0.15) is 52.0 Å². The molecular formula is C27H42N4O3. The summed E-state index contributed by atoms with van der Waals surface area (Å²) >= 11 is 0. The minimum atomic E-state index is -0.399. The Hall–Kier alpha value is -2.19. The van der Waals surface area contributed by atoms with Crippen LogP contribution in [-0.2, 0) is 14.4 Å². The van der Waals surface area contributed by atoms with Gasteiger partial charge in [0.15, 0.2) is 0 Å². The highest BCUT2D eigenvalue weighted by Gasteiger charge is 2.40. The topological polar surface area (TPSA) is 74.9 Å². The summed E-state index contributed by atoms with van der Waals surface area (Å²) in [6.45, 7) is 10.1. The van der Waals surface area contributed by atoms with Gasteiger partial charge in [-0.25, -0.2) is 5.48 Å². The summed E-state index contributed by atoms with van der Waals surface area (Å²) in [6, 6.07) is 10.7. The fraction of sp³-hybridized carbons (Fsp3) is 0.593. The van der Waals surface area contributed by atoms with E-state index in [1.54, 1.807) is 7.11 Å². The predicted molar refractivity (Wildman–Crippen MR) is 137 cm³/mol. The SMILES string of the molecule is CC/C(C)=C(/C=C(\NCCCNOC)c1ccccc1)[C@@H](C)N(C(=O)[C@H]1CNCCO1)C1CC1. The standard InChI is InChI=1S/C27H42N4O3/c1-5-20(2)24(18-25(22-10-7-6-8-11-22)29-14-9-15-30-33-4)21(3)31(23-12-13-23)27(32)26-19-28-16-17-34-26/h6-8,10-11,18,21,23,26,28-30H,5,9,12-17,19H2,1-4H3/b24-20-,25-18-/t21-,26-/m1/s1. The average molecular weight is 471 g/mol. The molecule has 0 aromatic heterocycles. The molecule has 1 aliphatic carbocycles. The lowest BCUT2D eigenvalue weighted by Crippen LogP contribution is -2.53. The monoisotopic (exact) mass is 470 g/mol. The van der Waals surface area contributed by atoms with E-state index in [0.717, 1.165) is 56.6 Å².